The maximum atomic E-state index is 12.3. The van der Waals surface area contributed by atoms with Crippen LogP contribution in [0.25, 0.3) is 0 Å². The van der Waals surface area contributed by atoms with Crippen LogP contribution in [0.1, 0.15) is 25.3 Å². The van der Waals surface area contributed by atoms with E-state index in [2.05, 4.69) is 4.72 Å². The maximum Gasteiger partial charge on any atom is 0.242 e. The molecule has 1 aromatic rings. The van der Waals surface area contributed by atoms with E-state index < -0.39 is 10.0 Å². The lowest BCUT2D eigenvalue weighted by atomic mass is 9.90. The molecule has 0 aliphatic heterocycles. The number of rotatable bonds is 5. The first-order chi connectivity index (χ1) is 9.33. The number of benzene rings is 1. The second kappa shape index (κ2) is 5.89. The molecule has 0 heterocycles. The molecular formula is C13H19ClN2O3S. The summed E-state index contributed by atoms with van der Waals surface area (Å²) in [6, 6.07) is 2.86. The van der Waals surface area contributed by atoms with Gasteiger partial charge >= 0.3 is 0 Å². The Morgan fingerprint density at radius 1 is 1.45 bits per heavy atom. The zero-order valence-corrected chi connectivity index (χ0v) is 13.1. The van der Waals surface area contributed by atoms with Gasteiger partial charge in [-0.3, -0.25) is 0 Å². The van der Waals surface area contributed by atoms with Gasteiger partial charge in [0.1, 0.15) is 4.90 Å². The summed E-state index contributed by atoms with van der Waals surface area (Å²) in [5.41, 5.74) is 6.93. The van der Waals surface area contributed by atoms with E-state index in [0.717, 1.165) is 5.56 Å². The maximum absolute atomic E-state index is 12.3. The lowest BCUT2D eigenvalue weighted by molar-refractivity contribution is -0.00475. The minimum absolute atomic E-state index is 0.0297. The van der Waals surface area contributed by atoms with Crippen LogP contribution in [0.4, 0.5) is 5.69 Å². The van der Waals surface area contributed by atoms with Gasteiger partial charge in [0.2, 0.25) is 10.0 Å². The van der Waals surface area contributed by atoms with Crippen molar-refractivity contribution >= 4 is 27.3 Å². The molecule has 0 saturated heterocycles. The van der Waals surface area contributed by atoms with E-state index >= 15 is 0 Å². The lowest BCUT2D eigenvalue weighted by Crippen LogP contribution is -2.47. The van der Waals surface area contributed by atoms with Crippen LogP contribution < -0.4 is 10.5 Å². The molecule has 1 aromatic carbocycles. The molecule has 0 amide bonds. The number of hydrogen-bond donors (Lipinski definition) is 2. The summed E-state index contributed by atoms with van der Waals surface area (Å²) in [6.07, 6.45) is 1.52. The van der Waals surface area contributed by atoms with E-state index in [9.17, 15) is 8.42 Å². The fraction of sp³-hybridized carbons (Fsp3) is 0.538. The van der Waals surface area contributed by atoms with Crippen LogP contribution in [0.3, 0.4) is 0 Å². The van der Waals surface area contributed by atoms with Gasteiger partial charge in [0.05, 0.1) is 11.1 Å². The predicted octanol–water partition coefficient (Wildman–Crippen LogP) is 2.08. The third-order valence-corrected chi connectivity index (χ3v) is 5.41. The monoisotopic (exact) mass is 318 g/mol. The van der Waals surface area contributed by atoms with E-state index in [1.807, 2.05) is 6.92 Å². The minimum atomic E-state index is -3.65. The third kappa shape index (κ3) is 3.25. The van der Waals surface area contributed by atoms with Crippen molar-refractivity contribution in [1.29, 1.82) is 0 Å². The van der Waals surface area contributed by atoms with Gasteiger partial charge in [-0.1, -0.05) is 11.6 Å². The van der Waals surface area contributed by atoms with Gasteiger partial charge in [-0.2, -0.15) is 0 Å². The first-order valence-corrected chi connectivity index (χ1v) is 8.39. The molecule has 0 bridgehead atoms. The number of nitrogen functional groups attached to an aromatic ring is 1. The summed E-state index contributed by atoms with van der Waals surface area (Å²) in [4.78, 5) is 0.0297. The molecule has 0 radical (unpaired) electrons. The fourth-order valence-corrected chi connectivity index (χ4v) is 4.07. The molecule has 1 fully saturated rings. The molecule has 20 heavy (non-hydrogen) atoms. The van der Waals surface area contributed by atoms with Crippen molar-refractivity contribution < 1.29 is 13.2 Å². The van der Waals surface area contributed by atoms with E-state index in [4.69, 9.17) is 22.1 Å². The van der Waals surface area contributed by atoms with Crippen molar-refractivity contribution in [3.05, 3.63) is 22.7 Å². The first kappa shape index (κ1) is 15.6. The topological polar surface area (TPSA) is 81.4 Å². The van der Waals surface area contributed by atoms with Crippen molar-refractivity contribution in [2.75, 3.05) is 12.3 Å². The number of aryl methyl sites for hydroxylation is 1. The number of sulfonamides is 1. The van der Waals surface area contributed by atoms with E-state index in [0.29, 0.717) is 25.1 Å². The highest BCUT2D eigenvalue weighted by Gasteiger charge is 2.33. The summed E-state index contributed by atoms with van der Waals surface area (Å²) >= 11 is 6.01. The number of hydrogen-bond acceptors (Lipinski definition) is 4. The Morgan fingerprint density at radius 2 is 2.10 bits per heavy atom. The number of nitrogens with two attached hydrogens (primary N) is 1. The van der Waals surface area contributed by atoms with Gasteiger partial charge in [0.15, 0.2) is 0 Å². The van der Waals surface area contributed by atoms with Crippen molar-refractivity contribution in [3.63, 3.8) is 0 Å². The van der Waals surface area contributed by atoms with Crippen LogP contribution in [0.2, 0.25) is 5.02 Å². The van der Waals surface area contributed by atoms with Crippen molar-refractivity contribution in [1.82, 2.24) is 4.72 Å². The van der Waals surface area contributed by atoms with Crippen LogP contribution in [0, 0.1) is 6.92 Å². The Labute approximate surface area is 124 Å². The highest BCUT2D eigenvalue weighted by atomic mass is 35.5. The molecule has 7 heteroatoms. The molecule has 2 rings (SSSR count). The van der Waals surface area contributed by atoms with E-state index in [-0.39, 0.29) is 22.1 Å². The molecule has 0 spiro atoms. The second-order valence-electron chi connectivity index (χ2n) is 5.01. The van der Waals surface area contributed by atoms with Gasteiger partial charge in [-0.15, -0.1) is 0 Å². The molecule has 1 saturated carbocycles. The fourth-order valence-electron chi connectivity index (χ4n) is 2.19. The molecule has 5 nitrogen and oxygen atoms in total. The van der Waals surface area contributed by atoms with Crippen LogP contribution in [-0.2, 0) is 14.8 Å². The van der Waals surface area contributed by atoms with Crippen LogP contribution in [-0.4, -0.2) is 27.2 Å². The van der Waals surface area contributed by atoms with Gasteiger partial charge in [0.25, 0.3) is 0 Å². The summed E-state index contributed by atoms with van der Waals surface area (Å²) in [7, 11) is -3.65. The molecule has 112 valence electrons. The zero-order valence-electron chi connectivity index (χ0n) is 11.5. The van der Waals surface area contributed by atoms with Crippen molar-refractivity contribution in [2.45, 2.75) is 43.7 Å². The first-order valence-electron chi connectivity index (χ1n) is 6.53. The third-order valence-electron chi connectivity index (χ3n) is 3.43. The predicted molar refractivity (Wildman–Crippen MR) is 79.4 cm³/mol. The van der Waals surface area contributed by atoms with Gasteiger partial charge in [0, 0.05) is 18.3 Å². The van der Waals surface area contributed by atoms with Crippen LogP contribution >= 0.6 is 11.6 Å². The van der Waals surface area contributed by atoms with Crippen LogP contribution in [0.15, 0.2) is 17.0 Å². The van der Waals surface area contributed by atoms with Crippen molar-refractivity contribution in [3.8, 4) is 0 Å². The molecule has 1 aliphatic carbocycles. The average Bonchev–Trinajstić information content (AvgIpc) is 2.31. The molecule has 0 atom stereocenters. The van der Waals surface area contributed by atoms with Gasteiger partial charge < -0.3 is 10.5 Å². The number of nitrogens with one attached hydrogen (secondary N) is 1. The molecule has 3 N–H and O–H groups in total. The molecular weight excluding hydrogens is 300 g/mol. The Bertz CT molecular complexity index is 598. The molecule has 1 aliphatic rings. The van der Waals surface area contributed by atoms with E-state index in [1.165, 1.54) is 6.07 Å². The normalized spacial score (nSPS) is 22.6. The number of anilines is 1. The minimum Gasteiger partial charge on any atom is -0.398 e. The Balaban J connectivity index is 2.10. The average molecular weight is 319 g/mol. The highest BCUT2D eigenvalue weighted by molar-refractivity contribution is 7.89. The Morgan fingerprint density at radius 3 is 2.70 bits per heavy atom. The Kier molecular flexibility index (Phi) is 4.59. The summed E-state index contributed by atoms with van der Waals surface area (Å²) in [5.74, 6) is 0. The Hall–Kier alpha value is -0.820. The van der Waals surface area contributed by atoms with Crippen molar-refractivity contribution in [2.24, 2.45) is 0 Å². The largest absolute Gasteiger partial charge is 0.398 e. The smallest absolute Gasteiger partial charge is 0.242 e. The number of halogens is 1. The molecule has 0 aromatic heterocycles. The summed E-state index contributed by atoms with van der Waals surface area (Å²) in [6.45, 7) is 4.35. The SMILES string of the molecule is CCOC1CC(NS(=O)(=O)c2cc(N)c(C)cc2Cl)C1. The van der Waals surface area contributed by atoms with Crippen LogP contribution in [0.5, 0.6) is 0 Å². The lowest BCUT2D eigenvalue weighted by Gasteiger charge is -2.35. The standard InChI is InChI=1S/C13H19ClN2O3S/c1-3-19-10-5-9(6-10)16-20(17,18)13-7-12(15)8(2)4-11(13)14/h4,7,9-10,16H,3,5-6,15H2,1-2H3. The second-order valence-corrected chi connectivity index (χ2v) is 7.10. The van der Waals surface area contributed by atoms with Gasteiger partial charge in [-0.25, -0.2) is 13.1 Å². The highest BCUT2D eigenvalue weighted by Crippen LogP contribution is 2.29. The molecule has 0 unspecified atom stereocenters. The number of ether oxygens (including phenoxy) is 1. The summed E-state index contributed by atoms with van der Waals surface area (Å²) in [5, 5.41) is 0.185. The zero-order chi connectivity index (χ0) is 14.9. The van der Waals surface area contributed by atoms with Gasteiger partial charge in [-0.05, 0) is 44.4 Å². The quantitative estimate of drug-likeness (QED) is 0.814. The van der Waals surface area contributed by atoms with E-state index in [1.54, 1.807) is 13.0 Å². The summed E-state index contributed by atoms with van der Waals surface area (Å²) < 4.78 is 32.6.